The van der Waals surface area contributed by atoms with Crippen LogP contribution in [0.3, 0.4) is 0 Å². The summed E-state index contributed by atoms with van der Waals surface area (Å²) in [4.78, 5) is 3.68. The average molecular weight is 327 g/mol. The van der Waals surface area contributed by atoms with Crippen LogP contribution < -0.4 is 4.74 Å². The molecule has 25 heavy (non-hydrogen) atoms. The molecule has 0 amide bonds. The van der Waals surface area contributed by atoms with E-state index >= 15 is 0 Å². The molecule has 0 aliphatic heterocycles. The molecule has 4 aromatic rings. The number of ether oxygens (including phenoxy) is 1. The number of benzene rings is 3. The fourth-order valence-electron chi connectivity index (χ4n) is 4.09. The van der Waals surface area contributed by atoms with Gasteiger partial charge in [-0.3, -0.25) is 0 Å². The van der Waals surface area contributed by atoms with Crippen molar-refractivity contribution in [1.82, 2.24) is 4.98 Å². The quantitative estimate of drug-likeness (QED) is 0.510. The molecular weight excluding hydrogens is 306 g/mol. The minimum atomic E-state index is 0.901. The first-order valence-electron chi connectivity index (χ1n) is 9.00. The molecule has 0 spiro atoms. The minimum Gasteiger partial charge on any atom is -0.497 e. The van der Waals surface area contributed by atoms with Crippen LogP contribution in [0.4, 0.5) is 0 Å². The molecule has 0 saturated heterocycles. The normalized spacial score (nSPS) is 14.0. The summed E-state index contributed by atoms with van der Waals surface area (Å²) in [7, 11) is 1.72. The van der Waals surface area contributed by atoms with Gasteiger partial charge in [0.2, 0.25) is 0 Å². The molecule has 2 heteroatoms. The number of fused-ring (bicyclic) bond motifs is 1. The molecule has 0 fully saturated rings. The third kappa shape index (κ3) is 2.41. The van der Waals surface area contributed by atoms with Crippen molar-refractivity contribution < 1.29 is 4.74 Å². The summed E-state index contributed by atoms with van der Waals surface area (Å²) in [6.07, 6.45) is 4.28. The van der Waals surface area contributed by atoms with E-state index < -0.39 is 0 Å². The van der Waals surface area contributed by atoms with Gasteiger partial charge >= 0.3 is 0 Å². The van der Waals surface area contributed by atoms with Gasteiger partial charge in [0, 0.05) is 22.4 Å². The molecule has 4 bridgehead atoms. The highest BCUT2D eigenvalue weighted by molar-refractivity contribution is 6.10. The van der Waals surface area contributed by atoms with Crippen LogP contribution in [0.2, 0.25) is 0 Å². The van der Waals surface area contributed by atoms with Crippen LogP contribution in [-0.2, 0) is 25.7 Å². The van der Waals surface area contributed by atoms with Crippen molar-refractivity contribution in [1.29, 1.82) is 0 Å². The molecule has 1 aromatic heterocycles. The van der Waals surface area contributed by atoms with Gasteiger partial charge in [0.05, 0.1) is 12.6 Å². The second-order valence-electron chi connectivity index (χ2n) is 6.99. The number of hydrogen-bond donors (Lipinski definition) is 1. The Hall–Kier alpha value is -2.74. The van der Waals surface area contributed by atoms with Gasteiger partial charge in [-0.05, 0) is 60.1 Å². The molecule has 0 unspecified atom stereocenters. The van der Waals surface area contributed by atoms with Crippen molar-refractivity contribution in [2.24, 2.45) is 0 Å². The molecule has 0 radical (unpaired) electrons. The number of methoxy groups -OCH3 is 1. The summed E-state index contributed by atoms with van der Waals surface area (Å²) in [6, 6.07) is 20.2. The second-order valence-corrected chi connectivity index (χ2v) is 6.99. The Kier molecular flexibility index (Phi) is 3.30. The highest BCUT2D eigenvalue weighted by Crippen LogP contribution is 2.34. The van der Waals surface area contributed by atoms with E-state index in [4.69, 9.17) is 4.74 Å². The van der Waals surface area contributed by atoms with E-state index in [-0.39, 0.29) is 0 Å². The van der Waals surface area contributed by atoms with E-state index in [2.05, 4.69) is 59.6 Å². The second kappa shape index (κ2) is 5.66. The van der Waals surface area contributed by atoms with Gasteiger partial charge in [-0.1, -0.05) is 36.4 Å². The summed E-state index contributed by atoms with van der Waals surface area (Å²) >= 11 is 0. The first kappa shape index (κ1) is 14.6. The van der Waals surface area contributed by atoms with Crippen LogP contribution >= 0.6 is 0 Å². The van der Waals surface area contributed by atoms with Gasteiger partial charge < -0.3 is 9.72 Å². The predicted octanol–water partition coefficient (Wildman–Crippen LogP) is 5.21. The number of nitrogens with one attached hydrogen (secondary N) is 1. The molecule has 1 N–H and O–H groups in total. The summed E-state index contributed by atoms with van der Waals surface area (Å²) in [6.45, 7) is 0. The largest absolute Gasteiger partial charge is 0.497 e. The van der Waals surface area contributed by atoms with Gasteiger partial charge in [0.1, 0.15) is 5.75 Å². The smallest absolute Gasteiger partial charge is 0.120 e. The highest BCUT2D eigenvalue weighted by atomic mass is 16.5. The SMILES string of the molecule is COc1ccc2c(c1)[nH]c1c3ccc(c12)CCc1ccc(cc1)CC3. The first-order valence-corrected chi connectivity index (χ1v) is 9.00. The van der Waals surface area contributed by atoms with Crippen LogP contribution in [0.15, 0.2) is 54.6 Å². The van der Waals surface area contributed by atoms with E-state index in [9.17, 15) is 0 Å². The zero-order valence-corrected chi connectivity index (χ0v) is 14.4. The maximum Gasteiger partial charge on any atom is 0.120 e. The zero-order valence-electron chi connectivity index (χ0n) is 14.4. The van der Waals surface area contributed by atoms with Gasteiger partial charge in [0.25, 0.3) is 0 Å². The predicted molar refractivity (Wildman–Crippen MR) is 104 cm³/mol. The van der Waals surface area contributed by atoms with Gasteiger partial charge in [-0.25, -0.2) is 0 Å². The van der Waals surface area contributed by atoms with E-state index in [1.165, 1.54) is 38.5 Å². The number of aromatic amines is 1. The highest BCUT2D eigenvalue weighted by Gasteiger charge is 2.14. The number of aromatic nitrogens is 1. The topological polar surface area (TPSA) is 25.0 Å². The molecule has 0 atom stereocenters. The van der Waals surface area contributed by atoms with E-state index in [1.807, 2.05) is 0 Å². The maximum atomic E-state index is 5.41. The average Bonchev–Trinajstić information content (AvgIpc) is 3.03. The molecular formula is C23H21NO. The summed E-state index contributed by atoms with van der Waals surface area (Å²) in [5.41, 5.74) is 8.13. The van der Waals surface area contributed by atoms with E-state index in [0.717, 1.165) is 36.9 Å². The number of aryl methyl sites for hydroxylation is 4. The summed E-state index contributed by atoms with van der Waals surface area (Å²) in [5, 5.41) is 2.70. The van der Waals surface area contributed by atoms with Crippen molar-refractivity contribution in [3.63, 3.8) is 0 Å². The molecule has 1 heterocycles. The van der Waals surface area contributed by atoms with Crippen LogP contribution in [0, 0.1) is 0 Å². The third-order valence-corrected chi connectivity index (χ3v) is 5.52. The van der Waals surface area contributed by atoms with Crippen LogP contribution in [0.1, 0.15) is 22.3 Å². The Morgan fingerprint density at radius 1 is 0.760 bits per heavy atom. The Morgan fingerprint density at radius 2 is 1.44 bits per heavy atom. The standard InChI is InChI=1S/C23H21NO/c1-25-19-12-13-20-21(14-19)24-23-18-9-7-16-4-2-15(3-5-16)6-8-17(10-11-18)22(20)23/h2-5,10-14,24H,6-9H2,1H3. The van der Waals surface area contributed by atoms with Crippen molar-refractivity contribution in [2.75, 3.05) is 7.11 Å². The van der Waals surface area contributed by atoms with Crippen molar-refractivity contribution >= 4 is 21.8 Å². The Labute approximate surface area is 147 Å². The molecule has 3 aromatic carbocycles. The summed E-state index contributed by atoms with van der Waals surface area (Å²) < 4.78 is 5.41. The molecule has 0 saturated carbocycles. The third-order valence-electron chi connectivity index (χ3n) is 5.52. The maximum absolute atomic E-state index is 5.41. The lowest BCUT2D eigenvalue weighted by atomic mass is 9.93. The van der Waals surface area contributed by atoms with Crippen molar-refractivity contribution in [3.8, 4) is 5.75 Å². The minimum absolute atomic E-state index is 0.901. The Morgan fingerprint density at radius 3 is 2.16 bits per heavy atom. The number of rotatable bonds is 1. The van der Waals surface area contributed by atoms with E-state index in [0.29, 0.717) is 0 Å². The van der Waals surface area contributed by atoms with Gasteiger partial charge in [0.15, 0.2) is 0 Å². The molecule has 4 aliphatic rings. The van der Waals surface area contributed by atoms with Crippen LogP contribution in [0.25, 0.3) is 21.8 Å². The van der Waals surface area contributed by atoms with Crippen molar-refractivity contribution in [3.05, 3.63) is 76.9 Å². The number of H-pyrrole nitrogens is 1. The molecule has 8 rings (SSSR count). The molecule has 4 aliphatic carbocycles. The molecule has 2 nitrogen and oxygen atoms in total. The Bertz CT molecular complexity index is 1070. The Balaban J connectivity index is 1.76. The lowest BCUT2D eigenvalue weighted by Gasteiger charge is -2.12. The fourth-order valence-corrected chi connectivity index (χ4v) is 4.09. The number of hydrogen-bond acceptors (Lipinski definition) is 1. The fraction of sp³-hybridized carbons (Fsp3) is 0.217. The van der Waals surface area contributed by atoms with Crippen LogP contribution in [-0.4, -0.2) is 12.1 Å². The van der Waals surface area contributed by atoms with Crippen LogP contribution in [0.5, 0.6) is 5.75 Å². The monoisotopic (exact) mass is 327 g/mol. The van der Waals surface area contributed by atoms with E-state index in [1.54, 1.807) is 7.11 Å². The summed E-state index contributed by atoms with van der Waals surface area (Å²) in [5.74, 6) is 0.901. The zero-order chi connectivity index (χ0) is 16.8. The lowest BCUT2D eigenvalue weighted by Crippen LogP contribution is -1.99. The first-order chi connectivity index (χ1) is 12.3. The molecule has 124 valence electrons. The van der Waals surface area contributed by atoms with Crippen molar-refractivity contribution in [2.45, 2.75) is 25.7 Å². The van der Waals surface area contributed by atoms with Gasteiger partial charge in [-0.15, -0.1) is 0 Å². The van der Waals surface area contributed by atoms with Gasteiger partial charge in [-0.2, -0.15) is 0 Å². The lowest BCUT2D eigenvalue weighted by molar-refractivity contribution is 0.415.